The van der Waals surface area contributed by atoms with Gasteiger partial charge in [0.25, 0.3) is 0 Å². The lowest BCUT2D eigenvalue weighted by molar-refractivity contribution is 0.281. The minimum Gasteiger partial charge on any atom is -0.493 e. The van der Waals surface area contributed by atoms with Crippen LogP contribution in [0.5, 0.6) is 11.5 Å². The predicted molar refractivity (Wildman–Crippen MR) is 86.4 cm³/mol. The molecule has 6 heteroatoms. The SMILES string of the molecule is COc1cccc(-c2onc(-c3ccc(F)cc3)c2CO)c1OC. The highest BCUT2D eigenvalue weighted by atomic mass is 19.1. The molecule has 1 N–H and O–H groups in total. The molecule has 0 fully saturated rings. The van der Waals surface area contributed by atoms with Gasteiger partial charge in [0.05, 0.1) is 32.0 Å². The molecule has 0 unspecified atom stereocenters. The summed E-state index contributed by atoms with van der Waals surface area (Å²) in [6, 6.07) is 11.2. The highest BCUT2D eigenvalue weighted by Crippen LogP contribution is 2.41. The Morgan fingerprint density at radius 1 is 1.08 bits per heavy atom. The molecule has 3 rings (SSSR count). The van der Waals surface area contributed by atoms with E-state index in [1.807, 2.05) is 0 Å². The molecule has 0 aliphatic carbocycles. The minimum absolute atomic E-state index is 0.286. The fourth-order valence-electron chi connectivity index (χ4n) is 2.57. The zero-order valence-corrected chi connectivity index (χ0v) is 13.2. The zero-order valence-electron chi connectivity index (χ0n) is 13.2. The van der Waals surface area contributed by atoms with Crippen molar-refractivity contribution in [1.82, 2.24) is 5.16 Å². The van der Waals surface area contributed by atoms with Gasteiger partial charge in [-0.05, 0) is 36.4 Å². The molecule has 0 aliphatic heterocycles. The largest absolute Gasteiger partial charge is 0.493 e. The number of methoxy groups -OCH3 is 2. The fraction of sp³-hybridized carbons (Fsp3) is 0.167. The number of nitrogens with zero attached hydrogens (tertiary/aromatic N) is 1. The average molecular weight is 329 g/mol. The van der Waals surface area contributed by atoms with Crippen molar-refractivity contribution in [2.24, 2.45) is 0 Å². The summed E-state index contributed by atoms with van der Waals surface area (Å²) in [4.78, 5) is 0. The van der Waals surface area contributed by atoms with Gasteiger partial charge in [0.15, 0.2) is 17.3 Å². The third-order valence-corrected chi connectivity index (χ3v) is 3.71. The molecule has 124 valence electrons. The second-order valence-corrected chi connectivity index (χ2v) is 5.04. The molecule has 0 bridgehead atoms. The third-order valence-electron chi connectivity index (χ3n) is 3.71. The summed E-state index contributed by atoms with van der Waals surface area (Å²) in [5, 5.41) is 13.8. The van der Waals surface area contributed by atoms with E-state index in [1.54, 1.807) is 37.4 Å². The van der Waals surface area contributed by atoms with Crippen molar-refractivity contribution in [2.45, 2.75) is 6.61 Å². The van der Waals surface area contributed by atoms with E-state index >= 15 is 0 Å². The van der Waals surface area contributed by atoms with E-state index in [4.69, 9.17) is 14.0 Å². The van der Waals surface area contributed by atoms with Crippen LogP contribution in [-0.4, -0.2) is 24.5 Å². The van der Waals surface area contributed by atoms with Crippen LogP contribution in [0.2, 0.25) is 0 Å². The van der Waals surface area contributed by atoms with Gasteiger partial charge in [-0.2, -0.15) is 0 Å². The van der Waals surface area contributed by atoms with Crippen molar-refractivity contribution in [3.63, 3.8) is 0 Å². The van der Waals surface area contributed by atoms with Crippen LogP contribution >= 0.6 is 0 Å². The van der Waals surface area contributed by atoms with E-state index in [9.17, 15) is 9.50 Å². The minimum atomic E-state index is -0.345. The molecule has 3 aromatic rings. The standard InChI is InChI=1S/C18H16FNO4/c1-22-15-5-3-4-13(18(15)23-2)17-14(10-21)16(20-24-17)11-6-8-12(19)9-7-11/h3-9,21H,10H2,1-2H3. The van der Waals surface area contributed by atoms with Crippen LogP contribution in [0.4, 0.5) is 4.39 Å². The van der Waals surface area contributed by atoms with Gasteiger partial charge < -0.3 is 19.1 Å². The van der Waals surface area contributed by atoms with Gasteiger partial charge >= 0.3 is 0 Å². The van der Waals surface area contributed by atoms with Crippen molar-refractivity contribution < 1.29 is 23.5 Å². The molecule has 0 spiro atoms. The number of aliphatic hydroxyl groups excluding tert-OH is 1. The van der Waals surface area contributed by atoms with Crippen LogP contribution in [0.3, 0.4) is 0 Å². The van der Waals surface area contributed by atoms with E-state index < -0.39 is 0 Å². The number of benzene rings is 2. The van der Waals surface area contributed by atoms with Crippen LogP contribution in [-0.2, 0) is 6.61 Å². The first kappa shape index (κ1) is 16.0. The average Bonchev–Trinajstić information content (AvgIpc) is 3.05. The quantitative estimate of drug-likeness (QED) is 0.774. The van der Waals surface area contributed by atoms with Gasteiger partial charge in [0.1, 0.15) is 11.5 Å². The van der Waals surface area contributed by atoms with Crippen molar-refractivity contribution in [3.05, 3.63) is 53.8 Å². The maximum Gasteiger partial charge on any atom is 0.176 e. The maximum absolute atomic E-state index is 13.1. The lowest BCUT2D eigenvalue weighted by atomic mass is 10.0. The Labute approximate surface area is 138 Å². The number of rotatable bonds is 5. The van der Waals surface area contributed by atoms with Crippen molar-refractivity contribution >= 4 is 0 Å². The van der Waals surface area contributed by atoms with E-state index in [2.05, 4.69) is 5.16 Å². The summed E-state index contributed by atoms with van der Waals surface area (Å²) in [6.07, 6.45) is 0. The molecule has 1 heterocycles. The lowest BCUT2D eigenvalue weighted by Crippen LogP contribution is -1.95. The van der Waals surface area contributed by atoms with Gasteiger partial charge in [-0.25, -0.2) is 4.39 Å². The van der Waals surface area contributed by atoms with Gasteiger partial charge in [-0.1, -0.05) is 11.2 Å². The van der Waals surface area contributed by atoms with Crippen LogP contribution in [0.25, 0.3) is 22.6 Å². The highest BCUT2D eigenvalue weighted by Gasteiger charge is 2.22. The van der Waals surface area contributed by atoms with Gasteiger partial charge in [-0.3, -0.25) is 0 Å². The smallest absolute Gasteiger partial charge is 0.176 e. The summed E-state index contributed by atoms with van der Waals surface area (Å²) >= 11 is 0. The number of aromatic nitrogens is 1. The number of hydrogen-bond donors (Lipinski definition) is 1. The molecule has 0 saturated heterocycles. The number of ether oxygens (including phenoxy) is 2. The molecule has 0 atom stereocenters. The van der Waals surface area contributed by atoms with Crippen LogP contribution < -0.4 is 9.47 Å². The Morgan fingerprint density at radius 3 is 2.46 bits per heavy atom. The molecule has 0 aliphatic rings. The normalized spacial score (nSPS) is 10.7. The summed E-state index contributed by atoms with van der Waals surface area (Å²) < 4.78 is 29.3. The van der Waals surface area contributed by atoms with Crippen molar-refractivity contribution in [1.29, 1.82) is 0 Å². The third kappa shape index (κ3) is 2.72. The van der Waals surface area contributed by atoms with E-state index in [0.29, 0.717) is 39.6 Å². The van der Waals surface area contributed by atoms with Crippen LogP contribution in [0, 0.1) is 5.82 Å². The molecule has 24 heavy (non-hydrogen) atoms. The molecule has 0 saturated carbocycles. The second kappa shape index (κ2) is 6.72. The summed E-state index contributed by atoms with van der Waals surface area (Å²) in [5.74, 6) is 1.06. The molecule has 0 radical (unpaired) electrons. The Hall–Kier alpha value is -2.86. The number of hydrogen-bond acceptors (Lipinski definition) is 5. The topological polar surface area (TPSA) is 64.7 Å². The predicted octanol–water partition coefficient (Wildman–Crippen LogP) is 3.66. The lowest BCUT2D eigenvalue weighted by Gasteiger charge is -2.11. The molecule has 2 aromatic carbocycles. The first-order valence-corrected chi connectivity index (χ1v) is 7.26. The van der Waals surface area contributed by atoms with Crippen molar-refractivity contribution in [2.75, 3.05) is 14.2 Å². The van der Waals surface area contributed by atoms with Crippen molar-refractivity contribution in [3.8, 4) is 34.1 Å². The van der Waals surface area contributed by atoms with Gasteiger partial charge in [-0.15, -0.1) is 0 Å². The van der Waals surface area contributed by atoms with E-state index in [1.165, 1.54) is 19.2 Å². The molecule has 0 amide bonds. The summed E-state index contributed by atoms with van der Waals surface area (Å²) in [6.45, 7) is -0.286. The monoisotopic (exact) mass is 329 g/mol. The molecule has 1 aromatic heterocycles. The highest BCUT2D eigenvalue weighted by molar-refractivity contribution is 5.77. The number of halogens is 1. The Kier molecular flexibility index (Phi) is 4.48. The number of aliphatic hydroxyl groups is 1. The summed E-state index contributed by atoms with van der Waals surface area (Å²) in [5.41, 5.74) is 2.21. The van der Waals surface area contributed by atoms with Crippen LogP contribution in [0.15, 0.2) is 47.0 Å². The zero-order chi connectivity index (χ0) is 17.1. The maximum atomic E-state index is 13.1. The molecular weight excluding hydrogens is 313 g/mol. The Morgan fingerprint density at radius 2 is 1.83 bits per heavy atom. The molecular formula is C18H16FNO4. The van der Waals surface area contributed by atoms with Gasteiger partial charge in [0.2, 0.25) is 0 Å². The molecule has 5 nitrogen and oxygen atoms in total. The van der Waals surface area contributed by atoms with E-state index in [0.717, 1.165) is 0 Å². The summed E-state index contributed by atoms with van der Waals surface area (Å²) in [7, 11) is 3.07. The number of para-hydroxylation sites is 1. The second-order valence-electron chi connectivity index (χ2n) is 5.04. The first-order valence-electron chi connectivity index (χ1n) is 7.26. The Balaban J connectivity index is 2.16. The van der Waals surface area contributed by atoms with Crippen LogP contribution in [0.1, 0.15) is 5.56 Å². The first-order chi connectivity index (χ1) is 11.7. The van der Waals surface area contributed by atoms with E-state index in [-0.39, 0.29) is 12.4 Å². The Bertz CT molecular complexity index is 843. The fourth-order valence-corrected chi connectivity index (χ4v) is 2.57. The van der Waals surface area contributed by atoms with Gasteiger partial charge in [0, 0.05) is 5.56 Å².